The lowest BCUT2D eigenvalue weighted by Crippen LogP contribution is -2.39. The number of guanidine groups is 1. The van der Waals surface area contributed by atoms with Gasteiger partial charge in [-0.05, 0) is 23.6 Å². The zero-order chi connectivity index (χ0) is 18.2. The molecule has 0 saturated heterocycles. The van der Waals surface area contributed by atoms with Crippen molar-refractivity contribution in [2.75, 3.05) is 20.1 Å². The molecule has 0 aliphatic carbocycles. The molecule has 0 aromatic carbocycles. The lowest BCUT2D eigenvalue weighted by atomic mass is 10.1. The van der Waals surface area contributed by atoms with E-state index in [-0.39, 0.29) is 24.0 Å². The number of pyridine rings is 1. The van der Waals surface area contributed by atoms with Gasteiger partial charge in [0.25, 0.3) is 5.89 Å². The number of hydrogen-bond donors (Lipinski definition) is 2. The average molecular weight is 498 g/mol. The quantitative estimate of drug-likeness (QED) is 0.295. The van der Waals surface area contributed by atoms with Gasteiger partial charge in [-0.25, -0.2) is 0 Å². The first-order valence-electron chi connectivity index (χ1n) is 8.48. The van der Waals surface area contributed by atoms with E-state index < -0.39 is 0 Å². The van der Waals surface area contributed by atoms with Crippen LogP contribution in [0.3, 0.4) is 0 Å². The van der Waals surface area contributed by atoms with Crippen LogP contribution in [-0.4, -0.2) is 41.2 Å². The molecule has 3 aromatic rings. The predicted octanol–water partition coefficient (Wildman–Crippen LogP) is 3.32. The summed E-state index contributed by atoms with van der Waals surface area (Å²) < 4.78 is 5.26. The van der Waals surface area contributed by atoms with Crippen molar-refractivity contribution in [2.45, 2.75) is 19.3 Å². The van der Waals surface area contributed by atoms with Crippen molar-refractivity contribution < 1.29 is 4.52 Å². The molecule has 7 nitrogen and oxygen atoms in total. The van der Waals surface area contributed by atoms with Crippen molar-refractivity contribution in [3.63, 3.8) is 0 Å². The SMILES string of the molecule is CN=C(NCCc1noc(-c2ccccn2)n1)NCC(C)c1cccs1.I. The maximum absolute atomic E-state index is 5.26. The second-order valence-corrected chi connectivity index (χ2v) is 6.76. The molecule has 0 aliphatic rings. The number of thiophene rings is 1. The Morgan fingerprint density at radius 2 is 2.15 bits per heavy atom. The Morgan fingerprint density at radius 3 is 2.85 bits per heavy atom. The molecule has 3 rings (SSSR count). The highest BCUT2D eigenvalue weighted by molar-refractivity contribution is 14.0. The minimum absolute atomic E-state index is 0. The zero-order valence-corrected chi connectivity index (χ0v) is 18.4. The van der Waals surface area contributed by atoms with E-state index in [1.807, 2.05) is 18.2 Å². The van der Waals surface area contributed by atoms with Gasteiger partial charge in [0.05, 0.1) is 0 Å². The molecule has 0 amide bonds. The molecule has 3 aromatic heterocycles. The minimum Gasteiger partial charge on any atom is -0.356 e. The lowest BCUT2D eigenvalue weighted by molar-refractivity contribution is 0.421. The molecule has 0 spiro atoms. The van der Waals surface area contributed by atoms with E-state index in [2.05, 4.69) is 55.2 Å². The van der Waals surface area contributed by atoms with Crippen LogP contribution in [0, 0.1) is 0 Å². The van der Waals surface area contributed by atoms with Crippen molar-refractivity contribution in [3.05, 3.63) is 52.6 Å². The summed E-state index contributed by atoms with van der Waals surface area (Å²) in [5.41, 5.74) is 0.680. The summed E-state index contributed by atoms with van der Waals surface area (Å²) in [6, 6.07) is 9.82. The van der Waals surface area contributed by atoms with E-state index >= 15 is 0 Å². The smallest absolute Gasteiger partial charge is 0.276 e. The Bertz CT molecular complexity index is 822. The summed E-state index contributed by atoms with van der Waals surface area (Å²) in [5, 5.41) is 12.7. The van der Waals surface area contributed by atoms with Gasteiger partial charge in [0.15, 0.2) is 11.8 Å². The summed E-state index contributed by atoms with van der Waals surface area (Å²) in [6.45, 7) is 3.69. The van der Waals surface area contributed by atoms with Crippen LogP contribution < -0.4 is 10.6 Å². The number of nitrogens with zero attached hydrogens (tertiary/aromatic N) is 4. The van der Waals surface area contributed by atoms with E-state index in [0.29, 0.717) is 36.3 Å². The highest BCUT2D eigenvalue weighted by Crippen LogP contribution is 2.19. The van der Waals surface area contributed by atoms with Gasteiger partial charge in [-0.3, -0.25) is 9.98 Å². The van der Waals surface area contributed by atoms with Crippen molar-refractivity contribution in [2.24, 2.45) is 4.99 Å². The first kappa shape index (κ1) is 21.3. The maximum Gasteiger partial charge on any atom is 0.276 e. The van der Waals surface area contributed by atoms with Gasteiger partial charge in [-0.2, -0.15) is 4.98 Å². The molecule has 0 fully saturated rings. The standard InChI is InChI=1S/C18H22N6OS.HI/c1-13(15-7-5-11-26-15)12-22-18(19-2)21-10-8-16-23-17(25-24-16)14-6-3-4-9-20-14;/h3-7,9,11,13H,8,10,12H2,1-2H3,(H2,19,21,22);1H. The van der Waals surface area contributed by atoms with Crippen LogP contribution in [0.1, 0.15) is 23.5 Å². The van der Waals surface area contributed by atoms with E-state index in [1.54, 1.807) is 24.6 Å². The van der Waals surface area contributed by atoms with Crippen molar-refractivity contribution in [1.82, 2.24) is 25.8 Å². The van der Waals surface area contributed by atoms with Gasteiger partial charge >= 0.3 is 0 Å². The molecule has 27 heavy (non-hydrogen) atoms. The average Bonchev–Trinajstić information content (AvgIpc) is 3.37. The lowest BCUT2D eigenvalue weighted by Gasteiger charge is -2.14. The highest BCUT2D eigenvalue weighted by atomic mass is 127. The predicted molar refractivity (Wildman–Crippen MR) is 119 cm³/mol. The van der Waals surface area contributed by atoms with Crippen LogP contribution in [0.25, 0.3) is 11.6 Å². The molecule has 1 atom stereocenters. The minimum atomic E-state index is 0. The van der Waals surface area contributed by atoms with Crippen LogP contribution in [0.2, 0.25) is 0 Å². The number of halogens is 1. The van der Waals surface area contributed by atoms with Crippen molar-refractivity contribution in [3.8, 4) is 11.6 Å². The molecular formula is C18H23IN6OS. The fraction of sp³-hybridized carbons (Fsp3) is 0.333. The topological polar surface area (TPSA) is 88.2 Å². The molecule has 9 heteroatoms. The van der Waals surface area contributed by atoms with Crippen LogP contribution >= 0.6 is 35.3 Å². The highest BCUT2D eigenvalue weighted by Gasteiger charge is 2.10. The van der Waals surface area contributed by atoms with Crippen LogP contribution in [-0.2, 0) is 6.42 Å². The van der Waals surface area contributed by atoms with Gasteiger partial charge in [-0.1, -0.05) is 24.2 Å². The van der Waals surface area contributed by atoms with E-state index in [4.69, 9.17) is 4.52 Å². The van der Waals surface area contributed by atoms with Gasteiger partial charge < -0.3 is 15.2 Å². The first-order chi connectivity index (χ1) is 12.8. The monoisotopic (exact) mass is 498 g/mol. The molecule has 1 unspecified atom stereocenters. The Morgan fingerprint density at radius 1 is 1.26 bits per heavy atom. The summed E-state index contributed by atoms with van der Waals surface area (Å²) in [5.74, 6) is 2.28. The summed E-state index contributed by atoms with van der Waals surface area (Å²) in [4.78, 5) is 14.2. The van der Waals surface area contributed by atoms with Crippen LogP contribution in [0.4, 0.5) is 0 Å². The van der Waals surface area contributed by atoms with Gasteiger partial charge in [0.2, 0.25) is 0 Å². The summed E-state index contributed by atoms with van der Waals surface area (Å²) >= 11 is 1.77. The molecule has 3 heterocycles. The molecule has 0 aliphatic heterocycles. The van der Waals surface area contributed by atoms with Gasteiger partial charge in [0.1, 0.15) is 5.69 Å². The van der Waals surface area contributed by atoms with E-state index in [1.165, 1.54) is 4.88 Å². The summed E-state index contributed by atoms with van der Waals surface area (Å²) in [6.07, 6.45) is 2.34. The number of rotatable bonds is 7. The third-order valence-corrected chi connectivity index (χ3v) is 4.93. The second kappa shape index (κ2) is 11.0. The Balaban J connectivity index is 0.00000261. The van der Waals surface area contributed by atoms with Gasteiger partial charge in [0, 0.05) is 43.5 Å². The molecule has 0 radical (unpaired) electrons. The second-order valence-electron chi connectivity index (χ2n) is 5.78. The Hall–Kier alpha value is -2.01. The largest absolute Gasteiger partial charge is 0.356 e. The zero-order valence-electron chi connectivity index (χ0n) is 15.3. The molecular weight excluding hydrogens is 475 g/mol. The van der Waals surface area contributed by atoms with Crippen molar-refractivity contribution >= 4 is 41.3 Å². The number of aliphatic imine (C=N–C) groups is 1. The molecule has 0 bridgehead atoms. The molecule has 144 valence electrons. The Labute approximate surface area is 179 Å². The fourth-order valence-corrected chi connectivity index (χ4v) is 3.17. The van der Waals surface area contributed by atoms with Crippen molar-refractivity contribution in [1.29, 1.82) is 0 Å². The first-order valence-corrected chi connectivity index (χ1v) is 9.36. The van der Waals surface area contributed by atoms with E-state index in [0.717, 1.165) is 12.5 Å². The van der Waals surface area contributed by atoms with E-state index in [9.17, 15) is 0 Å². The normalized spacial score (nSPS) is 12.3. The number of nitrogens with one attached hydrogen (secondary N) is 2. The number of aromatic nitrogens is 3. The van der Waals surface area contributed by atoms with Crippen LogP contribution in [0.5, 0.6) is 0 Å². The summed E-state index contributed by atoms with van der Waals surface area (Å²) in [7, 11) is 1.76. The molecule has 0 saturated carbocycles. The van der Waals surface area contributed by atoms with Gasteiger partial charge in [-0.15, -0.1) is 35.3 Å². The van der Waals surface area contributed by atoms with Crippen LogP contribution in [0.15, 0.2) is 51.4 Å². The third-order valence-electron chi connectivity index (χ3n) is 3.82. The number of hydrogen-bond acceptors (Lipinski definition) is 6. The maximum atomic E-state index is 5.26. The third kappa shape index (κ3) is 6.28. The fourth-order valence-electron chi connectivity index (χ4n) is 2.38. The Kier molecular flexibility index (Phi) is 8.65. The molecule has 2 N–H and O–H groups in total.